The number of thiazole rings is 1. The van der Waals surface area contributed by atoms with Crippen LogP contribution in [0.2, 0.25) is 0 Å². The van der Waals surface area contributed by atoms with Crippen molar-refractivity contribution in [3.63, 3.8) is 0 Å². The lowest BCUT2D eigenvalue weighted by molar-refractivity contribution is 0.0980. The number of allylic oxidation sites excluding steroid dienone is 3. The van der Waals surface area contributed by atoms with Gasteiger partial charge in [-0.1, -0.05) is 0 Å². The van der Waals surface area contributed by atoms with Crippen LogP contribution in [0.1, 0.15) is 21.7 Å². The largest absolute Gasteiger partial charge is 0.497 e. The molecule has 3 heterocycles. The van der Waals surface area contributed by atoms with Crippen molar-refractivity contribution in [2.75, 3.05) is 7.11 Å². The molecule has 0 saturated carbocycles. The van der Waals surface area contributed by atoms with Crippen molar-refractivity contribution >= 4 is 28.7 Å². The first-order chi connectivity index (χ1) is 12.2. The second-order valence-electron chi connectivity index (χ2n) is 5.23. The second-order valence-corrected chi connectivity index (χ2v) is 6.12. The van der Waals surface area contributed by atoms with E-state index in [1.54, 1.807) is 29.7 Å². The lowest BCUT2D eigenvalue weighted by Gasteiger charge is -2.05. The molecule has 0 atom stereocenters. The fourth-order valence-corrected chi connectivity index (χ4v) is 2.69. The Kier molecular flexibility index (Phi) is 5.20. The van der Waals surface area contributed by atoms with Crippen LogP contribution in [-0.4, -0.2) is 33.6 Å². The molecular formula is C17H17N5O2S. The number of aromatic nitrogens is 3. The summed E-state index contributed by atoms with van der Waals surface area (Å²) in [5, 5.41) is 7.01. The SMILES string of the molecule is COC1=CCC(NC(=O)c2cncs2)=N/C=C(/c2cnn(C)c2)C=C1. The molecule has 2 aromatic rings. The standard InChI is InChI=1S/C17H17N5O2S/c1-22-10-13(8-20-22)12-3-4-14(24-2)5-6-16(19-7-12)21-17(23)15-9-18-11-25-15/h3-5,7-11H,6H2,1-2H3,(H,19,21,23)/b4-3?,12-7+,14-5?. The van der Waals surface area contributed by atoms with Crippen LogP contribution in [-0.2, 0) is 11.8 Å². The number of aliphatic imine (C=N–C) groups is 1. The van der Waals surface area contributed by atoms with E-state index in [1.165, 1.54) is 17.5 Å². The van der Waals surface area contributed by atoms with E-state index >= 15 is 0 Å². The summed E-state index contributed by atoms with van der Waals surface area (Å²) in [7, 11) is 3.46. The molecule has 25 heavy (non-hydrogen) atoms. The van der Waals surface area contributed by atoms with Crippen LogP contribution in [0.3, 0.4) is 0 Å². The van der Waals surface area contributed by atoms with Gasteiger partial charge in [0.25, 0.3) is 5.91 Å². The highest BCUT2D eigenvalue weighted by molar-refractivity contribution is 7.11. The Labute approximate surface area is 149 Å². The number of methoxy groups -OCH3 is 1. The molecule has 1 aliphatic heterocycles. The number of carbonyl (C=O) groups excluding carboxylic acids is 1. The Morgan fingerprint density at radius 3 is 2.92 bits per heavy atom. The number of amides is 1. The van der Waals surface area contributed by atoms with E-state index in [0.717, 1.165) is 11.1 Å². The maximum atomic E-state index is 12.2. The number of nitrogens with one attached hydrogen (secondary N) is 1. The number of hydrogen-bond acceptors (Lipinski definition) is 6. The first-order valence-electron chi connectivity index (χ1n) is 7.53. The first kappa shape index (κ1) is 16.8. The fourth-order valence-electron chi connectivity index (χ4n) is 2.18. The molecular weight excluding hydrogens is 338 g/mol. The minimum absolute atomic E-state index is 0.225. The summed E-state index contributed by atoms with van der Waals surface area (Å²) in [5.41, 5.74) is 3.41. The number of aryl methyl sites for hydroxylation is 1. The van der Waals surface area contributed by atoms with E-state index in [2.05, 4.69) is 20.4 Å². The average molecular weight is 355 g/mol. The molecule has 0 aromatic carbocycles. The van der Waals surface area contributed by atoms with Crippen LogP contribution in [0, 0.1) is 0 Å². The van der Waals surface area contributed by atoms with E-state index in [1.807, 2.05) is 31.5 Å². The highest BCUT2D eigenvalue weighted by Crippen LogP contribution is 2.18. The average Bonchev–Trinajstić information content (AvgIpc) is 3.28. The van der Waals surface area contributed by atoms with Crippen LogP contribution in [0.4, 0.5) is 0 Å². The Hall–Kier alpha value is -3.00. The quantitative estimate of drug-likeness (QED) is 0.917. The molecule has 3 rings (SSSR count). The molecule has 1 amide bonds. The molecule has 2 aromatic heterocycles. The minimum atomic E-state index is -0.225. The molecule has 7 nitrogen and oxygen atoms in total. The van der Waals surface area contributed by atoms with Gasteiger partial charge in [-0.2, -0.15) is 5.10 Å². The lowest BCUT2D eigenvalue weighted by atomic mass is 10.1. The van der Waals surface area contributed by atoms with Crippen molar-refractivity contribution in [1.82, 2.24) is 20.1 Å². The summed E-state index contributed by atoms with van der Waals surface area (Å²) in [6, 6.07) is 0. The van der Waals surface area contributed by atoms with Gasteiger partial charge >= 0.3 is 0 Å². The molecule has 1 aliphatic rings. The Morgan fingerprint density at radius 1 is 1.36 bits per heavy atom. The van der Waals surface area contributed by atoms with Crippen molar-refractivity contribution in [3.8, 4) is 0 Å². The molecule has 0 bridgehead atoms. The highest BCUT2D eigenvalue weighted by atomic mass is 32.1. The van der Waals surface area contributed by atoms with Gasteiger partial charge in [0, 0.05) is 37.0 Å². The van der Waals surface area contributed by atoms with Gasteiger partial charge in [0.1, 0.15) is 16.5 Å². The molecule has 0 spiro atoms. The topological polar surface area (TPSA) is 81.4 Å². The van der Waals surface area contributed by atoms with Gasteiger partial charge in [0.2, 0.25) is 0 Å². The molecule has 0 radical (unpaired) electrons. The molecule has 0 aliphatic carbocycles. The fraction of sp³-hybridized carbons (Fsp3) is 0.176. The molecule has 128 valence electrons. The van der Waals surface area contributed by atoms with Crippen LogP contribution in [0.5, 0.6) is 0 Å². The van der Waals surface area contributed by atoms with Crippen molar-refractivity contribution in [3.05, 3.63) is 64.7 Å². The third kappa shape index (κ3) is 4.30. The van der Waals surface area contributed by atoms with Gasteiger partial charge in [-0.3, -0.25) is 14.5 Å². The number of carbonyl (C=O) groups is 1. The van der Waals surface area contributed by atoms with Crippen LogP contribution in [0.15, 0.2) is 59.3 Å². The summed E-state index contributed by atoms with van der Waals surface area (Å²) in [6.07, 6.45) is 13.0. The number of hydrogen-bond donors (Lipinski definition) is 1. The summed E-state index contributed by atoms with van der Waals surface area (Å²) >= 11 is 1.28. The van der Waals surface area contributed by atoms with Crippen molar-refractivity contribution in [2.45, 2.75) is 6.42 Å². The summed E-state index contributed by atoms with van der Waals surface area (Å²) in [4.78, 5) is 21.1. The Morgan fingerprint density at radius 2 is 2.24 bits per heavy atom. The molecule has 0 saturated heterocycles. The third-order valence-corrected chi connectivity index (χ3v) is 4.24. The van der Waals surface area contributed by atoms with E-state index < -0.39 is 0 Å². The Bertz CT molecular complexity index is 875. The first-order valence-corrected chi connectivity index (χ1v) is 8.41. The maximum Gasteiger partial charge on any atom is 0.268 e. The van der Waals surface area contributed by atoms with E-state index in [9.17, 15) is 4.79 Å². The van der Waals surface area contributed by atoms with Gasteiger partial charge in [-0.15, -0.1) is 11.3 Å². The lowest BCUT2D eigenvalue weighted by Crippen LogP contribution is -2.29. The number of nitrogens with zero attached hydrogens (tertiary/aromatic N) is 4. The van der Waals surface area contributed by atoms with Crippen LogP contribution < -0.4 is 5.32 Å². The van der Waals surface area contributed by atoms with Gasteiger partial charge in [0.15, 0.2) is 0 Å². The van der Waals surface area contributed by atoms with Gasteiger partial charge in [0.05, 0.1) is 25.0 Å². The molecule has 8 heteroatoms. The summed E-state index contributed by atoms with van der Waals surface area (Å²) < 4.78 is 7.07. The monoisotopic (exact) mass is 355 g/mol. The summed E-state index contributed by atoms with van der Waals surface area (Å²) in [6.45, 7) is 0. The summed E-state index contributed by atoms with van der Waals surface area (Å²) in [5.74, 6) is 0.992. The number of amidine groups is 1. The minimum Gasteiger partial charge on any atom is -0.497 e. The van der Waals surface area contributed by atoms with Crippen molar-refractivity contribution in [2.24, 2.45) is 12.0 Å². The zero-order valence-electron chi connectivity index (χ0n) is 13.8. The normalized spacial score (nSPS) is 16.6. The van der Waals surface area contributed by atoms with E-state index in [-0.39, 0.29) is 5.91 Å². The smallest absolute Gasteiger partial charge is 0.268 e. The zero-order valence-corrected chi connectivity index (χ0v) is 14.7. The van der Waals surface area contributed by atoms with E-state index in [0.29, 0.717) is 22.9 Å². The third-order valence-electron chi connectivity index (χ3n) is 3.47. The molecule has 1 N–H and O–H groups in total. The maximum absolute atomic E-state index is 12.2. The number of ether oxygens (including phenoxy) is 1. The van der Waals surface area contributed by atoms with Gasteiger partial charge in [-0.05, 0) is 18.2 Å². The second kappa shape index (κ2) is 7.71. The van der Waals surface area contributed by atoms with Gasteiger partial charge < -0.3 is 10.1 Å². The zero-order chi connectivity index (χ0) is 17.6. The van der Waals surface area contributed by atoms with Gasteiger partial charge in [-0.25, -0.2) is 4.99 Å². The van der Waals surface area contributed by atoms with Crippen molar-refractivity contribution in [1.29, 1.82) is 0 Å². The predicted octanol–water partition coefficient (Wildman–Crippen LogP) is 2.54. The predicted molar refractivity (Wildman–Crippen MR) is 97.0 cm³/mol. The molecule has 0 unspecified atom stereocenters. The molecule has 0 fully saturated rings. The highest BCUT2D eigenvalue weighted by Gasteiger charge is 2.11. The van der Waals surface area contributed by atoms with Crippen LogP contribution in [0.25, 0.3) is 5.57 Å². The van der Waals surface area contributed by atoms with E-state index in [4.69, 9.17) is 4.74 Å². The Balaban J connectivity index is 1.90. The van der Waals surface area contributed by atoms with Crippen LogP contribution >= 0.6 is 11.3 Å². The van der Waals surface area contributed by atoms with Crippen molar-refractivity contribution < 1.29 is 9.53 Å². The number of rotatable bonds is 3.